The van der Waals surface area contributed by atoms with Crippen LogP contribution in [0.3, 0.4) is 0 Å². The number of aryl methyl sites for hydroxylation is 8. The number of ketones is 1. The Morgan fingerprint density at radius 2 is 0.719 bits per heavy atom. The van der Waals surface area contributed by atoms with E-state index in [4.69, 9.17) is 106 Å². The van der Waals surface area contributed by atoms with Gasteiger partial charge in [-0.1, -0.05) is 179 Å². The highest BCUT2D eigenvalue weighted by Gasteiger charge is 2.43. The number of amides is 6. The van der Waals surface area contributed by atoms with Gasteiger partial charge in [0.25, 0.3) is 35.4 Å². The Morgan fingerprint density at radius 1 is 0.390 bits per heavy atom. The number of carboxylic acid groups (broad SMARTS) is 4. The summed E-state index contributed by atoms with van der Waals surface area (Å²) in [7, 11) is 8.67. The van der Waals surface area contributed by atoms with Crippen molar-refractivity contribution in [3.05, 3.63) is 342 Å². The van der Waals surface area contributed by atoms with E-state index in [2.05, 4.69) is 26.6 Å². The molecule has 1 fully saturated rings. The molecule has 2 unspecified atom stereocenters. The predicted molar refractivity (Wildman–Crippen MR) is 568 cm³/mol. The van der Waals surface area contributed by atoms with E-state index >= 15 is 0 Å². The molecule has 0 bridgehead atoms. The molecule has 12 N–H and O–H groups in total. The zero-order valence-electron chi connectivity index (χ0n) is 79.8. The van der Waals surface area contributed by atoms with Gasteiger partial charge in [0.05, 0.1) is 89.2 Å². The fourth-order valence-electron chi connectivity index (χ4n) is 15.9. The molecular weight excluding hydrogens is 2070 g/mol. The standard InChI is InChI=1S/C24H25Cl2N3O6.C22H20Cl2N2O2.C20H16ClF3N2O3.C20H19ClN2O4.C19H17ClN2O3.2H2S/c1-3-8-27-20(31)12-35-19-10-17-15(21(25)22(19)26)9-18(29(17)2)23(32)28-16(11-30)13-4-6-14(7-5-13)24(33)34;1-12(27)13-3-5-14(6-4-13)21(15-7-8-15)25-22(28)19-11-16-18(26(19)2)10-9-17(23)20(16)24;1-10-3-8-14-13(16(10)21)9-15(26(14)2)18(27)25-17(20(22,23)24)11-4-6-12(7-5-11)19(28)29;1-11-3-8-16-14(18(11)21)9-17(23(16)2)19(25)22-15(10-24)12-4-6-13(7-5-12)20(26)27;1-11-3-8-15-14(17(11)20)9-16(22(15)2)18(23)21-10-12-4-6-13(7-5-12)19(24)25;;/h4-7,9-10,16,30H,3,8,11-12H2,1-2H3,(H,27,31)(H,28,32)(H,33,34);3-6,9-11,15,21H,7-8H2,1-2H3,(H,25,28);3-9,17H,1-2H3,(H,25,27)(H,28,29);3-9,15,24H,10H2,1-2H3,(H,22,25)(H,26,27);3-9H,10H2,1-2H3,(H,21,23)(H,24,25);2*1H2/t16-;;;15-;;;/m1..1.../s1. The fraction of sp³-hybridized carbons (Fsp3) is 0.229. The highest BCUT2D eigenvalue weighted by Crippen LogP contribution is 2.44. The normalized spacial score (nSPS) is 12.3. The maximum atomic E-state index is 13.6. The highest BCUT2D eigenvalue weighted by molar-refractivity contribution is 7.59. The van der Waals surface area contributed by atoms with Crippen LogP contribution in [-0.2, 0) is 46.6 Å². The van der Waals surface area contributed by atoms with Gasteiger partial charge in [0.2, 0.25) is 0 Å². The first kappa shape index (κ1) is 114. The summed E-state index contributed by atoms with van der Waals surface area (Å²) in [6.07, 6.45) is -1.83. The van der Waals surface area contributed by atoms with Crippen LogP contribution in [0.25, 0.3) is 54.5 Å². The van der Waals surface area contributed by atoms with Crippen LogP contribution in [0.1, 0.15) is 206 Å². The number of aliphatic hydroxyl groups is 2. The van der Waals surface area contributed by atoms with Gasteiger partial charge in [-0.25, -0.2) is 19.2 Å². The summed E-state index contributed by atoms with van der Waals surface area (Å²) >= 11 is 44.2. The van der Waals surface area contributed by atoms with Crippen molar-refractivity contribution in [2.45, 2.75) is 90.8 Å². The van der Waals surface area contributed by atoms with Crippen LogP contribution in [0.5, 0.6) is 5.75 Å². The van der Waals surface area contributed by atoms with Gasteiger partial charge in [-0.2, -0.15) is 40.2 Å². The molecule has 0 saturated heterocycles. The van der Waals surface area contributed by atoms with Gasteiger partial charge in [0.1, 0.15) is 39.2 Å². The van der Waals surface area contributed by atoms with Crippen LogP contribution in [0.15, 0.2) is 206 Å². The lowest BCUT2D eigenvalue weighted by Crippen LogP contribution is -2.38. The number of carbonyl (C=O) groups excluding carboxylic acids is 7. The van der Waals surface area contributed by atoms with Crippen molar-refractivity contribution in [3.8, 4) is 5.75 Å². The Balaban J connectivity index is 0.000000187. The summed E-state index contributed by atoms with van der Waals surface area (Å²) in [5.41, 5.74) is 11.8. The van der Waals surface area contributed by atoms with Gasteiger partial charge in [-0.05, 0) is 207 Å². The molecule has 0 aliphatic heterocycles. The number of aromatic carboxylic acids is 4. The molecule has 41 heteroatoms. The number of hydrogen-bond acceptors (Lipinski definition) is 14. The predicted octanol–water partition coefficient (Wildman–Crippen LogP) is 21.3. The first-order chi connectivity index (χ1) is 68.2. The van der Waals surface area contributed by atoms with Crippen molar-refractivity contribution in [3.63, 3.8) is 0 Å². The molecular formula is C105H101Cl7F3N11O18S2. The molecule has 1 saturated carbocycles. The average Bonchev–Trinajstić information content (AvgIpc) is 1.62. The van der Waals surface area contributed by atoms with E-state index < -0.39 is 66.6 Å². The van der Waals surface area contributed by atoms with Gasteiger partial charge in [0, 0.05) is 109 Å². The van der Waals surface area contributed by atoms with Gasteiger partial charge < -0.3 is 90.1 Å². The Hall–Kier alpha value is -13.5. The van der Waals surface area contributed by atoms with Crippen LogP contribution in [0.4, 0.5) is 13.2 Å². The third-order valence-corrected chi connectivity index (χ3v) is 27.5. The number of fused-ring (bicyclic) bond motifs is 5. The molecule has 5 heterocycles. The molecule has 29 nitrogen and oxygen atoms in total. The third kappa shape index (κ3) is 26.5. The van der Waals surface area contributed by atoms with E-state index in [9.17, 15) is 76.1 Å². The van der Waals surface area contributed by atoms with Crippen LogP contribution >= 0.6 is 108 Å². The smallest absolute Gasteiger partial charge is 0.412 e. The van der Waals surface area contributed by atoms with Gasteiger partial charge in [-0.15, -0.1) is 0 Å². The molecule has 766 valence electrons. The number of benzene rings is 10. The van der Waals surface area contributed by atoms with E-state index in [-0.39, 0.29) is 131 Å². The molecule has 4 atom stereocenters. The second-order valence-corrected chi connectivity index (χ2v) is 36.7. The summed E-state index contributed by atoms with van der Waals surface area (Å²) in [6.45, 7) is 8.99. The monoisotopic (exact) mass is 2170 g/mol. The maximum Gasteiger partial charge on any atom is 0.412 e. The van der Waals surface area contributed by atoms with E-state index in [0.717, 1.165) is 104 Å². The molecule has 1 aliphatic carbocycles. The Kier molecular flexibility index (Phi) is 38.9. The largest absolute Gasteiger partial charge is 0.482 e. The molecule has 6 amide bonds. The second-order valence-electron chi connectivity index (χ2n) is 34.0. The molecule has 5 aromatic heterocycles. The minimum atomic E-state index is -4.78. The zero-order valence-corrected chi connectivity index (χ0v) is 87.1. The van der Waals surface area contributed by atoms with Crippen LogP contribution in [-0.4, -0.2) is 151 Å². The zero-order chi connectivity index (χ0) is 105. The van der Waals surface area contributed by atoms with E-state index in [1.165, 1.54) is 59.2 Å². The number of Topliss-reactive ketones (excluding diaryl/α,β-unsaturated/α-hetero) is 1. The first-order valence-corrected chi connectivity index (χ1v) is 47.2. The summed E-state index contributed by atoms with van der Waals surface area (Å²) in [4.78, 5) is 131. The lowest BCUT2D eigenvalue weighted by molar-refractivity contribution is -0.155. The molecule has 1 aliphatic rings. The van der Waals surface area contributed by atoms with Crippen molar-refractivity contribution >= 4 is 228 Å². The number of aliphatic hydroxyl groups excluding tert-OH is 2. The topological polar surface area (TPSA) is 415 Å². The molecule has 146 heavy (non-hydrogen) atoms. The Morgan fingerprint density at radius 3 is 1.08 bits per heavy atom. The van der Waals surface area contributed by atoms with E-state index in [1.54, 1.807) is 117 Å². The summed E-state index contributed by atoms with van der Waals surface area (Å²) in [5.74, 6) is -6.12. The van der Waals surface area contributed by atoms with Crippen LogP contribution in [0.2, 0.25) is 35.2 Å². The molecule has 16 rings (SSSR count). The van der Waals surface area contributed by atoms with Crippen LogP contribution < -0.4 is 36.6 Å². The van der Waals surface area contributed by atoms with Crippen LogP contribution in [0, 0.1) is 26.7 Å². The van der Waals surface area contributed by atoms with E-state index in [1.807, 2.05) is 104 Å². The minimum absolute atomic E-state index is 0. The van der Waals surface area contributed by atoms with Gasteiger partial charge >= 0.3 is 30.1 Å². The number of halogens is 10. The summed E-state index contributed by atoms with van der Waals surface area (Å²) < 4.78 is 54.8. The maximum absolute atomic E-state index is 13.6. The van der Waals surface area contributed by atoms with Crippen molar-refractivity contribution in [2.75, 3.05) is 26.4 Å². The third-order valence-electron chi connectivity index (χ3n) is 24.4. The summed E-state index contributed by atoms with van der Waals surface area (Å²) in [6, 6.07) is 50.8. The summed E-state index contributed by atoms with van der Waals surface area (Å²) in [5, 5.41) is 77.9. The van der Waals surface area contributed by atoms with Crippen molar-refractivity contribution in [1.82, 2.24) is 54.7 Å². The SMILES string of the molecule is CC(=O)c1ccc(C(NC(=O)c2cc3c(Cl)c(Cl)ccc3n2C)C2CC2)cc1.CCCNC(=O)COc1cc2c(cc(C(=O)N[C@H](CO)c3ccc(C(=O)O)cc3)n2C)c(Cl)c1Cl.Cc1ccc2c(cc(C(=O)NC(c3ccc(C(=O)O)cc3)C(F)(F)F)n2C)c1Cl.Cc1ccc2c(cc(C(=O)NCc3ccc(C(=O)O)cc3)n2C)c1Cl.Cc1ccc2c(cc(C(=O)N[C@H](CO)c3ccc(C(=O)O)cc3)n2C)c1Cl.S.S. The lowest BCUT2D eigenvalue weighted by Gasteiger charge is -2.22. The quantitative estimate of drug-likeness (QED) is 0.0203. The lowest BCUT2D eigenvalue weighted by atomic mass is 9.99. The number of aromatic nitrogens is 5. The van der Waals surface area contributed by atoms with E-state index in [0.29, 0.717) is 99.7 Å². The van der Waals surface area contributed by atoms with Crippen molar-refractivity contribution in [2.24, 2.45) is 41.2 Å². The fourth-order valence-corrected chi connectivity index (χ4v) is 17.4. The molecule has 10 aromatic carbocycles. The number of rotatable bonds is 28. The van der Waals surface area contributed by atoms with Gasteiger partial charge in [0.15, 0.2) is 18.4 Å². The number of alkyl halides is 3. The average molecular weight is 2170 g/mol. The number of hydrogen-bond donors (Lipinski definition) is 12. The number of nitrogens with zero attached hydrogens (tertiary/aromatic N) is 5. The molecule has 0 radical (unpaired) electrons. The first-order valence-electron chi connectivity index (χ1n) is 44.5. The Labute approximate surface area is 883 Å². The van der Waals surface area contributed by atoms with Gasteiger partial charge in [-0.3, -0.25) is 33.6 Å². The molecule has 0 spiro atoms. The minimum Gasteiger partial charge on any atom is -0.482 e. The van der Waals surface area contributed by atoms with Crippen molar-refractivity contribution < 1.29 is 101 Å². The molecule has 15 aromatic rings. The highest BCUT2D eigenvalue weighted by atomic mass is 35.5. The number of ether oxygens (including phenoxy) is 1. The number of carboxylic acids is 4. The Bertz CT molecular complexity index is 7500. The second kappa shape index (κ2) is 49.6. The van der Waals surface area contributed by atoms with Crippen molar-refractivity contribution in [1.29, 1.82) is 0 Å². The number of nitrogens with one attached hydrogen (secondary N) is 6. The number of carbonyl (C=O) groups is 11.